The van der Waals surface area contributed by atoms with Crippen molar-refractivity contribution in [3.05, 3.63) is 108 Å². The minimum atomic E-state index is -2.62. The van der Waals surface area contributed by atoms with Crippen LogP contribution >= 0.6 is 0 Å². The first-order valence-corrected chi connectivity index (χ1v) is 21.2. The summed E-state index contributed by atoms with van der Waals surface area (Å²) in [5.41, 5.74) is 15.6. The molecule has 1 unspecified atom stereocenters. The molecule has 3 aromatic rings. The summed E-state index contributed by atoms with van der Waals surface area (Å²) in [5, 5.41) is 0. The van der Waals surface area contributed by atoms with Gasteiger partial charge < -0.3 is 24.8 Å². The smallest absolute Gasteiger partial charge is 1.00 e. The van der Waals surface area contributed by atoms with Crippen LogP contribution in [0.3, 0.4) is 0 Å². The predicted molar refractivity (Wildman–Crippen MR) is 196 cm³/mol. The van der Waals surface area contributed by atoms with Crippen molar-refractivity contribution < 1.29 is 46.1 Å². The Kier molecular flexibility index (Phi) is 11.9. The van der Waals surface area contributed by atoms with Crippen molar-refractivity contribution in [3.63, 3.8) is 0 Å². The molecule has 0 aromatic heterocycles. The van der Waals surface area contributed by atoms with Gasteiger partial charge in [0.2, 0.25) is 0 Å². The summed E-state index contributed by atoms with van der Waals surface area (Å²) in [4.78, 5) is 0. The van der Waals surface area contributed by atoms with Crippen LogP contribution in [0.25, 0.3) is 11.1 Å². The van der Waals surface area contributed by atoms with E-state index in [0.29, 0.717) is 5.92 Å². The normalized spacial score (nSPS) is 16.4. The Morgan fingerprint density at radius 1 is 0.660 bits per heavy atom. The number of allylic oxidation sites excluding steroid dienone is 4. The van der Waals surface area contributed by atoms with Crippen molar-refractivity contribution >= 4 is 6.98 Å². The third-order valence-corrected chi connectivity index (χ3v) is 17.4. The Bertz CT molecular complexity index is 1720. The molecule has 2 aliphatic rings. The first-order valence-electron chi connectivity index (χ1n) is 17.3. The number of benzene rings is 3. The fraction of sp³-hybridized carbons (Fsp3) is 0.477. The van der Waals surface area contributed by atoms with E-state index >= 15 is 0 Å². The van der Waals surface area contributed by atoms with Gasteiger partial charge in [0.1, 0.15) is 0 Å². The number of fused-ring (bicyclic) bond motifs is 3. The molecule has 3 heteroatoms. The van der Waals surface area contributed by atoms with Crippen LogP contribution in [0.2, 0.25) is 0 Å². The van der Waals surface area contributed by atoms with Gasteiger partial charge >= 0.3 is 285 Å². The van der Waals surface area contributed by atoms with Crippen LogP contribution in [-0.2, 0) is 43.9 Å². The van der Waals surface area contributed by atoms with Gasteiger partial charge in [0.15, 0.2) is 0 Å². The summed E-state index contributed by atoms with van der Waals surface area (Å²) in [6, 6.07) is 22.1. The average Bonchev–Trinajstić information content (AvgIpc) is 3.47. The minimum absolute atomic E-state index is 0. The molecule has 252 valence electrons. The van der Waals surface area contributed by atoms with Gasteiger partial charge in [0.25, 0.3) is 0 Å². The summed E-state index contributed by atoms with van der Waals surface area (Å²) in [6.07, 6.45) is 4.79. The van der Waals surface area contributed by atoms with Crippen molar-refractivity contribution in [3.8, 4) is 11.1 Å². The first kappa shape index (κ1) is 39.9. The van der Waals surface area contributed by atoms with Crippen LogP contribution in [0.4, 0.5) is 0 Å². The number of rotatable bonds is 4. The van der Waals surface area contributed by atoms with Crippen LogP contribution < -0.4 is 28.1 Å². The van der Waals surface area contributed by atoms with Gasteiger partial charge in [-0.25, -0.2) is 0 Å². The minimum Gasteiger partial charge on any atom is -1.00 e. The van der Waals surface area contributed by atoms with E-state index in [1.54, 1.807) is 23.3 Å². The Morgan fingerprint density at radius 2 is 1.19 bits per heavy atom. The molecule has 0 heterocycles. The van der Waals surface area contributed by atoms with Gasteiger partial charge in [-0.3, -0.25) is 0 Å². The van der Waals surface area contributed by atoms with Crippen molar-refractivity contribution in [2.45, 2.75) is 126 Å². The Hall–Kier alpha value is -1.53. The van der Waals surface area contributed by atoms with Gasteiger partial charge in [-0.2, -0.15) is 0 Å². The molecular weight excluding hydrogens is 691 g/mol. The third kappa shape index (κ3) is 8.11. The predicted octanol–water partition coefficient (Wildman–Crippen LogP) is 5.54. The maximum Gasteiger partial charge on any atom is -1.00 e. The van der Waals surface area contributed by atoms with Crippen molar-refractivity contribution in [2.24, 2.45) is 11.3 Å². The second-order valence-electron chi connectivity index (χ2n) is 17.9. The molecule has 0 fully saturated rings. The molecule has 5 rings (SSSR count). The van der Waals surface area contributed by atoms with E-state index < -0.39 is 21.3 Å². The summed E-state index contributed by atoms with van der Waals surface area (Å²) in [7, 11) is 0. The molecule has 0 nitrogen and oxygen atoms in total. The molecule has 47 heavy (non-hydrogen) atoms. The summed E-state index contributed by atoms with van der Waals surface area (Å²) < 4.78 is 6.29. The van der Waals surface area contributed by atoms with E-state index in [1.807, 2.05) is 0 Å². The van der Waals surface area contributed by atoms with Crippen LogP contribution in [0.15, 0.2) is 75.1 Å². The van der Waals surface area contributed by atoms with E-state index in [2.05, 4.69) is 161 Å². The van der Waals surface area contributed by atoms with Crippen molar-refractivity contribution in [1.82, 2.24) is 0 Å². The van der Waals surface area contributed by atoms with Crippen LogP contribution in [0.1, 0.15) is 137 Å². The molecule has 0 N–H and O–H groups in total. The molecule has 3 aromatic carbocycles. The maximum atomic E-state index is 2.79. The molecule has 2 aliphatic carbocycles. The fourth-order valence-corrected chi connectivity index (χ4v) is 15.2. The molecule has 0 amide bonds. The Labute approximate surface area is 307 Å². The summed E-state index contributed by atoms with van der Waals surface area (Å²) >= 11 is -2.62. The maximum absolute atomic E-state index is 2.79. The van der Waals surface area contributed by atoms with E-state index in [9.17, 15) is 0 Å². The second-order valence-corrected chi connectivity index (χ2v) is 23.3. The number of halogens is 2. The van der Waals surface area contributed by atoms with E-state index in [-0.39, 0.29) is 46.5 Å². The molecule has 1 atom stereocenters. The van der Waals surface area contributed by atoms with Crippen LogP contribution in [0, 0.1) is 11.3 Å². The fourth-order valence-electron chi connectivity index (χ4n) is 7.31. The largest absolute Gasteiger partial charge is 1.00 e. The molecule has 0 spiro atoms. The molecule has 0 radical (unpaired) electrons. The first-order chi connectivity index (χ1) is 20.7. The topological polar surface area (TPSA) is 0 Å². The summed E-state index contributed by atoms with van der Waals surface area (Å²) in [6.45, 7) is 33.2. The van der Waals surface area contributed by atoms with Crippen molar-refractivity contribution in [2.75, 3.05) is 0 Å². The van der Waals surface area contributed by atoms with E-state index in [1.165, 1.54) is 38.9 Å². The van der Waals surface area contributed by atoms with E-state index in [0.717, 1.165) is 12.8 Å². The Morgan fingerprint density at radius 3 is 1.70 bits per heavy atom. The molecular formula is C44H58Cl2Zr. The number of hydrogen-bond donors (Lipinski definition) is 0. The molecule has 0 saturated heterocycles. The van der Waals surface area contributed by atoms with Gasteiger partial charge in [-0.1, -0.05) is 0 Å². The zero-order valence-corrected chi connectivity index (χ0v) is 35.6. The zero-order chi connectivity index (χ0) is 33.3. The third-order valence-electron chi connectivity index (χ3n) is 10.1. The van der Waals surface area contributed by atoms with Crippen LogP contribution in [0.5, 0.6) is 0 Å². The number of hydrogen-bond acceptors (Lipinski definition) is 0. The van der Waals surface area contributed by atoms with Gasteiger partial charge in [-0.15, -0.1) is 0 Å². The van der Waals surface area contributed by atoms with Crippen molar-refractivity contribution in [1.29, 1.82) is 0 Å². The molecule has 0 aliphatic heterocycles. The van der Waals surface area contributed by atoms with Crippen LogP contribution in [-0.4, -0.2) is 3.71 Å². The monoisotopic (exact) mass is 746 g/mol. The van der Waals surface area contributed by atoms with Gasteiger partial charge in [-0.05, 0) is 0 Å². The van der Waals surface area contributed by atoms with Gasteiger partial charge in [0.05, 0.1) is 0 Å². The van der Waals surface area contributed by atoms with E-state index in [4.69, 9.17) is 0 Å². The SMILES string of the molecule is CCC1=[C](/[Zr+2](=[CH]/c2ccc(C(C)(C)C)cc2)[c]2cc(C(C)(C)C)cc3c2Cc2ccc(C(C)(C)C)cc2-3)C(C)C=C1C(C)(C)C.[Cl-].[Cl-]. The standard InChI is InChI=1S/C21H25.C12H19.C11H14.2ClH.Zr/c1-20(2,3)16-9-7-14-11-15-8-10-17(21(4,5)6)13-19(15)18(14)12-16;1-6-10-7-9(2)8-11(10)12(3,4)5;1-9-5-7-10(8-6-9)11(2,3)4;;;/h7,9-10,12-13H,11H2,1-6H3;8-9H,6H2,1-5H3;1,5-8H,2-4H3;2*1H;/q;;;;;+2/p-2. The van der Waals surface area contributed by atoms with Gasteiger partial charge in [0, 0.05) is 0 Å². The zero-order valence-electron chi connectivity index (χ0n) is 31.6. The molecule has 0 bridgehead atoms. The Balaban J connectivity index is 0.00000300. The molecule has 0 saturated carbocycles. The average molecular weight is 749 g/mol. The summed E-state index contributed by atoms with van der Waals surface area (Å²) in [5.74, 6) is 0.485. The second kappa shape index (κ2) is 14.0. The quantitative estimate of drug-likeness (QED) is 0.258.